The minimum absolute atomic E-state index is 0.0113. The Kier molecular flexibility index (Phi) is 8.52. The Balaban J connectivity index is 1.56. The first-order chi connectivity index (χ1) is 16.0. The van der Waals surface area contributed by atoms with Crippen molar-refractivity contribution in [2.24, 2.45) is 0 Å². The number of amides is 2. The molecule has 0 aliphatic heterocycles. The summed E-state index contributed by atoms with van der Waals surface area (Å²) in [7, 11) is 0. The minimum Gasteiger partial charge on any atom is -0.326 e. The third-order valence-electron chi connectivity index (χ3n) is 4.65. The SMILES string of the molecule is CC(Sc1ccc(NC(=O)Cc2ccc(Cl)cc2)cc1)C(=O)Nc1cc(C(F)(F)F)ccc1Cl. The van der Waals surface area contributed by atoms with Gasteiger partial charge in [-0.1, -0.05) is 35.3 Å². The number of anilines is 2. The number of benzene rings is 3. The van der Waals surface area contributed by atoms with Crippen LogP contribution in [0.25, 0.3) is 0 Å². The number of carbonyl (C=O) groups is 2. The highest BCUT2D eigenvalue weighted by molar-refractivity contribution is 8.00. The molecule has 10 heteroatoms. The summed E-state index contributed by atoms with van der Waals surface area (Å²) in [5.74, 6) is -0.681. The second kappa shape index (κ2) is 11.2. The lowest BCUT2D eigenvalue weighted by Crippen LogP contribution is -2.23. The fraction of sp³-hybridized carbons (Fsp3) is 0.167. The van der Waals surface area contributed by atoms with Gasteiger partial charge in [-0.15, -0.1) is 11.8 Å². The molecule has 0 aliphatic carbocycles. The van der Waals surface area contributed by atoms with Gasteiger partial charge in [0.05, 0.1) is 27.9 Å². The van der Waals surface area contributed by atoms with Gasteiger partial charge in [0.1, 0.15) is 0 Å². The molecule has 4 nitrogen and oxygen atoms in total. The Morgan fingerprint density at radius 2 is 1.59 bits per heavy atom. The number of carbonyl (C=O) groups excluding carboxylic acids is 2. The first-order valence-electron chi connectivity index (χ1n) is 10.00. The molecular weight excluding hydrogens is 508 g/mol. The maximum Gasteiger partial charge on any atom is 0.416 e. The van der Waals surface area contributed by atoms with E-state index in [0.717, 1.165) is 28.7 Å². The number of rotatable bonds is 7. The molecule has 34 heavy (non-hydrogen) atoms. The van der Waals surface area contributed by atoms with Crippen molar-refractivity contribution in [3.8, 4) is 0 Å². The van der Waals surface area contributed by atoms with E-state index in [1.165, 1.54) is 11.8 Å². The lowest BCUT2D eigenvalue weighted by atomic mass is 10.1. The van der Waals surface area contributed by atoms with Crippen LogP contribution in [0.2, 0.25) is 10.0 Å². The summed E-state index contributed by atoms with van der Waals surface area (Å²) in [6, 6.07) is 16.6. The molecule has 1 atom stereocenters. The van der Waals surface area contributed by atoms with Crippen LogP contribution < -0.4 is 10.6 Å². The highest BCUT2D eigenvalue weighted by Crippen LogP contribution is 2.34. The number of nitrogens with one attached hydrogen (secondary N) is 2. The van der Waals surface area contributed by atoms with E-state index in [0.29, 0.717) is 10.7 Å². The molecule has 0 aromatic heterocycles. The molecule has 3 rings (SSSR count). The van der Waals surface area contributed by atoms with Crippen LogP contribution in [-0.2, 0) is 22.2 Å². The van der Waals surface area contributed by atoms with E-state index in [-0.39, 0.29) is 23.0 Å². The van der Waals surface area contributed by atoms with Crippen LogP contribution in [0.4, 0.5) is 24.5 Å². The van der Waals surface area contributed by atoms with E-state index in [1.807, 2.05) is 0 Å². The summed E-state index contributed by atoms with van der Waals surface area (Å²) in [5, 5.41) is 5.24. The van der Waals surface area contributed by atoms with Crippen molar-refractivity contribution < 1.29 is 22.8 Å². The second-order valence-corrected chi connectivity index (χ2v) is 9.58. The maximum absolute atomic E-state index is 12.9. The number of thioether (sulfide) groups is 1. The number of hydrogen-bond donors (Lipinski definition) is 2. The van der Waals surface area contributed by atoms with Crippen LogP contribution in [0.1, 0.15) is 18.1 Å². The van der Waals surface area contributed by atoms with Gasteiger partial charge in [0.2, 0.25) is 11.8 Å². The Bertz CT molecular complexity index is 1170. The zero-order chi connectivity index (χ0) is 24.9. The van der Waals surface area contributed by atoms with E-state index < -0.39 is 22.9 Å². The molecule has 2 N–H and O–H groups in total. The fourth-order valence-corrected chi connectivity index (χ4v) is 4.06. The molecule has 0 spiro atoms. The van der Waals surface area contributed by atoms with Crippen molar-refractivity contribution in [1.82, 2.24) is 0 Å². The molecule has 1 unspecified atom stereocenters. The number of halogens is 5. The molecule has 0 saturated heterocycles. The van der Waals surface area contributed by atoms with Crippen molar-refractivity contribution in [1.29, 1.82) is 0 Å². The van der Waals surface area contributed by atoms with Crippen LogP contribution in [0.5, 0.6) is 0 Å². The second-order valence-electron chi connectivity index (χ2n) is 7.32. The summed E-state index contributed by atoms with van der Waals surface area (Å²) < 4.78 is 38.8. The van der Waals surface area contributed by atoms with E-state index in [4.69, 9.17) is 23.2 Å². The van der Waals surface area contributed by atoms with Gasteiger partial charge in [0.15, 0.2) is 0 Å². The van der Waals surface area contributed by atoms with Crippen LogP contribution >= 0.6 is 35.0 Å². The zero-order valence-corrected chi connectivity index (χ0v) is 20.1. The molecule has 0 aliphatic rings. The smallest absolute Gasteiger partial charge is 0.326 e. The minimum atomic E-state index is -4.55. The highest BCUT2D eigenvalue weighted by atomic mass is 35.5. The molecule has 0 heterocycles. The topological polar surface area (TPSA) is 58.2 Å². The average molecular weight is 527 g/mol. The Morgan fingerprint density at radius 1 is 0.941 bits per heavy atom. The monoisotopic (exact) mass is 526 g/mol. The Hall–Kier alpha value is -2.68. The normalized spacial score (nSPS) is 12.2. The van der Waals surface area contributed by atoms with Gasteiger partial charge in [0, 0.05) is 15.6 Å². The largest absolute Gasteiger partial charge is 0.416 e. The zero-order valence-electron chi connectivity index (χ0n) is 17.7. The van der Waals surface area contributed by atoms with Crippen molar-refractivity contribution in [2.45, 2.75) is 29.7 Å². The molecule has 2 amide bonds. The third-order valence-corrected chi connectivity index (χ3v) is 6.34. The first kappa shape index (κ1) is 25.9. The molecule has 3 aromatic rings. The van der Waals surface area contributed by atoms with Crippen LogP contribution in [0.15, 0.2) is 71.6 Å². The molecule has 0 saturated carbocycles. The van der Waals surface area contributed by atoms with Crippen molar-refractivity contribution in [2.75, 3.05) is 10.6 Å². The molecule has 0 bridgehead atoms. The molecule has 178 valence electrons. The fourth-order valence-electron chi connectivity index (χ4n) is 2.90. The summed E-state index contributed by atoms with van der Waals surface area (Å²) in [6.07, 6.45) is -4.35. The summed E-state index contributed by atoms with van der Waals surface area (Å²) >= 11 is 13.0. The standard InChI is InChI=1S/C24H19Cl2F3N2O2S/c1-14(23(33)31-21-13-16(24(27,28)29)4-11-20(21)26)34-19-9-7-18(8-10-19)30-22(32)12-15-2-5-17(25)6-3-15/h2-11,13-14H,12H2,1H3,(H,30,32)(H,31,33). The van der Waals surface area contributed by atoms with Gasteiger partial charge in [0.25, 0.3) is 0 Å². The van der Waals surface area contributed by atoms with Crippen LogP contribution in [0, 0.1) is 0 Å². The van der Waals surface area contributed by atoms with Gasteiger partial charge in [-0.3, -0.25) is 9.59 Å². The summed E-state index contributed by atoms with van der Waals surface area (Å²) in [6.45, 7) is 1.63. The van der Waals surface area contributed by atoms with E-state index in [2.05, 4.69) is 10.6 Å². The average Bonchev–Trinajstić information content (AvgIpc) is 2.77. The molecular formula is C24H19Cl2F3N2O2S. The van der Waals surface area contributed by atoms with Crippen molar-refractivity contribution in [3.05, 3.63) is 87.9 Å². The predicted octanol–water partition coefficient (Wildman–Crippen LogP) is 7.31. The molecule has 3 aromatic carbocycles. The first-order valence-corrected chi connectivity index (χ1v) is 11.6. The van der Waals surface area contributed by atoms with E-state index >= 15 is 0 Å². The van der Waals surface area contributed by atoms with Gasteiger partial charge >= 0.3 is 6.18 Å². The Labute approximate surface area is 208 Å². The van der Waals surface area contributed by atoms with Crippen LogP contribution in [-0.4, -0.2) is 17.1 Å². The van der Waals surface area contributed by atoms with E-state index in [9.17, 15) is 22.8 Å². The Morgan fingerprint density at radius 3 is 2.21 bits per heavy atom. The summed E-state index contributed by atoms with van der Waals surface area (Å²) in [4.78, 5) is 25.5. The number of alkyl halides is 3. The van der Waals surface area contributed by atoms with Gasteiger partial charge in [-0.25, -0.2) is 0 Å². The van der Waals surface area contributed by atoms with Gasteiger partial charge in [-0.2, -0.15) is 13.2 Å². The summed E-state index contributed by atoms with van der Waals surface area (Å²) in [5.41, 5.74) is 0.417. The lowest BCUT2D eigenvalue weighted by Gasteiger charge is -2.15. The van der Waals surface area contributed by atoms with Crippen LogP contribution in [0.3, 0.4) is 0 Å². The lowest BCUT2D eigenvalue weighted by molar-refractivity contribution is -0.137. The van der Waals surface area contributed by atoms with Gasteiger partial charge < -0.3 is 10.6 Å². The highest BCUT2D eigenvalue weighted by Gasteiger charge is 2.31. The molecule has 0 radical (unpaired) electrons. The predicted molar refractivity (Wildman–Crippen MR) is 131 cm³/mol. The number of hydrogen-bond acceptors (Lipinski definition) is 3. The quantitative estimate of drug-likeness (QED) is 0.317. The van der Waals surface area contributed by atoms with E-state index in [1.54, 1.807) is 55.5 Å². The third kappa shape index (κ3) is 7.41. The van der Waals surface area contributed by atoms with Crippen molar-refractivity contribution >= 4 is 58.2 Å². The molecule has 0 fully saturated rings. The van der Waals surface area contributed by atoms with Crippen molar-refractivity contribution in [3.63, 3.8) is 0 Å². The van der Waals surface area contributed by atoms with Gasteiger partial charge in [-0.05, 0) is 67.1 Å². The maximum atomic E-state index is 12.9.